The van der Waals surface area contributed by atoms with E-state index in [0.29, 0.717) is 5.69 Å². The van der Waals surface area contributed by atoms with Gasteiger partial charge in [0.1, 0.15) is 5.69 Å². The van der Waals surface area contributed by atoms with Crippen molar-refractivity contribution in [1.82, 2.24) is 4.98 Å². The number of carbonyl (C=O) groups excluding carboxylic acids is 1. The summed E-state index contributed by atoms with van der Waals surface area (Å²) in [5, 5.41) is 11.4. The van der Waals surface area contributed by atoms with Crippen molar-refractivity contribution in [3.05, 3.63) is 11.9 Å². The van der Waals surface area contributed by atoms with Gasteiger partial charge in [-0.15, -0.1) is 11.8 Å². The summed E-state index contributed by atoms with van der Waals surface area (Å²) in [5.41, 5.74) is 0.428. The number of carboxylic acid groups (broad SMARTS) is 1. The molecule has 6 heteroatoms. The number of hydrogen-bond donors (Lipinski definition) is 3. The van der Waals surface area contributed by atoms with Gasteiger partial charge in [-0.3, -0.25) is 4.79 Å². The first kappa shape index (κ1) is 11.1. The van der Waals surface area contributed by atoms with Crippen LogP contribution in [0.3, 0.4) is 0 Å². The Kier molecular flexibility index (Phi) is 2.67. The normalized spacial score (nSPS) is 19.4. The van der Waals surface area contributed by atoms with E-state index < -0.39 is 5.97 Å². The fraction of sp³-hybridized carbons (Fsp3) is 0.400. The van der Waals surface area contributed by atoms with Crippen molar-refractivity contribution in [2.45, 2.75) is 24.0 Å². The first-order valence-corrected chi connectivity index (χ1v) is 5.81. The fourth-order valence-electron chi connectivity index (χ4n) is 1.61. The zero-order valence-electron chi connectivity index (χ0n) is 8.90. The standard InChI is InChI=1S/C10H12N2O3S/c1-4(2)8-9(13)12-6-5(16-8)3-11-7(6)10(14)15/h3-4,8,11H,1-2H3,(H,12,13)(H,14,15). The van der Waals surface area contributed by atoms with Gasteiger partial charge in [-0.25, -0.2) is 4.79 Å². The number of aromatic amines is 1. The summed E-state index contributed by atoms with van der Waals surface area (Å²) in [6.45, 7) is 3.93. The minimum Gasteiger partial charge on any atom is -0.477 e. The average Bonchev–Trinajstić information content (AvgIpc) is 2.58. The van der Waals surface area contributed by atoms with Gasteiger partial charge in [-0.1, -0.05) is 13.8 Å². The fourth-order valence-corrected chi connectivity index (χ4v) is 2.72. The second-order valence-electron chi connectivity index (χ2n) is 3.98. The number of hydrogen-bond acceptors (Lipinski definition) is 3. The predicted octanol–water partition coefficient (Wildman–Crippen LogP) is 1.78. The molecule has 1 aromatic heterocycles. The number of carbonyl (C=O) groups is 2. The van der Waals surface area contributed by atoms with Crippen LogP contribution in [0.15, 0.2) is 11.1 Å². The third-order valence-corrected chi connectivity index (χ3v) is 4.01. The summed E-state index contributed by atoms with van der Waals surface area (Å²) in [7, 11) is 0. The van der Waals surface area contributed by atoms with Gasteiger partial charge in [-0.2, -0.15) is 0 Å². The number of nitrogens with one attached hydrogen (secondary N) is 2. The van der Waals surface area contributed by atoms with Crippen molar-refractivity contribution in [3.63, 3.8) is 0 Å². The molecule has 0 aromatic carbocycles. The third kappa shape index (κ3) is 1.69. The van der Waals surface area contributed by atoms with Crippen LogP contribution in [0, 0.1) is 5.92 Å². The quantitative estimate of drug-likeness (QED) is 0.736. The molecule has 5 nitrogen and oxygen atoms in total. The predicted molar refractivity (Wildman–Crippen MR) is 60.9 cm³/mol. The number of aromatic nitrogens is 1. The van der Waals surface area contributed by atoms with E-state index in [9.17, 15) is 9.59 Å². The summed E-state index contributed by atoms with van der Waals surface area (Å²) in [5.74, 6) is -0.985. The summed E-state index contributed by atoms with van der Waals surface area (Å²) in [6.07, 6.45) is 1.62. The van der Waals surface area contributed by atoms with Crippen LogP contribution in [0.4, 0.5) is 5.69 Å². The Balaban J connectivity index is 2.37. The van der Waals surface area contributed by atoms with Crippen LogP contribution in [0.1, 0.15) is 24.3 Å². The Bertz CT molecular complexity index is 453. The maximum Gasteiger partial charge on any atom is 0.354 e. The van der Waals surface area contributed by atoms with Crippen LogP contribution in [-0.2, 0) is 4.79 Å². The molecule has 86 valence electrons. The van der Waals surface area contributed by atoms with Gasteiger partial charge in [0, 0.05) is 6.20 Å². The average molecular weight is 240 g/mol. The highest BCUT2D eigenvalue weighted by molar-refractivity contribution is 8.01. The third-order valence-electron chi connectivity index (χ3n) is 2.42. The van der Waals surface area contributed by atoms with Gasteiger partial charge in [-0.05, 0) is 5.92 Å². The maximum atomic E-state index is 11.7. The lowest BCUT2D eigenvalue weighted by molar-refractivity contribution is -0.116. The zero-order chi connectivity index (χ0) is 11.9. The molecular weight excluding hydrogens is 228 g/mol. The van der Waals surface area contributed by atoms with Gasteiger partial charge < -0.3 is 15.4 Å². The van der Waals surface area contributed by atoms with Crippen molar-refractivity contribution >= 4 is 29.3 Å². The van der Waals surface area contributed by atoms with Crippen LogP contribution in [-0.4, -0.2) is 27.2 Å². The molecule has 1 aliphatic heterocycles. The summed E-state index contributed by atoms with van der Waals surface area (Å²) in [6, 6.07) is 0. The molecule has 0 fully saturated rings. The largest absolute Gasteiger partial charge is 0.477 e. The van der Waals surface area contributed by atoms with Crippen LogP contribution < -0.4 is 5.32 Å². The van der Waals surface area contributed by atoms with Crippen LogP contribution in [0.25, 0.3) is 0 Å². The van der Waals surface area contributed by atoms with E-state index in [-0.39, 0.29) is 22.8 Å². The van der Waals surface area contributed by atoms with E-state index in [1.54, 1.807) is 6.20 Å². The van der Waals surface area contributed by atoms with Crippen molar-refractivity contribution in [2.75, 3.05) is 5.32 Å². The monoisotopic (exact) mass is 240 g/mol. The Morgan fingerprint density at radius 2 is 2.25 bits per heavy atom. The molecule has 1 unspecified atom stereocenters. The van der Waals surface area contributed by atoms with Gasteiger partial charge >= 0.3 is 5.97 Å². The van der Waals surface area contributed by atoms with Crippen molar-refractivity contribution in [2.24, 2.45) is 5.92 Å². The smallest absolute Gasteiger partial charge is 0.354 e. The number of H-pyrrole nitrogens is 1. The molecule has 0 saturated carbocycles. The molecule has 2 rings (SSSR count). The van der Waals surface area contributed by atoms with Gasteiger partial charge in [0.25, 0.3) is 0 Å². The Hall–Kier alpha value is -1.43. The Labute approximate surface area is 96.6 Å². The SMILES string of the molecule is CC(C)C1Sc2c[nH]c(C(=O)O)c2NC1=O. The van der Waals surface area contributed by atoms with E-state index >= 15 is 0 Å². The topological polar surface area (TPSA) is 82.2 Å². The molecule has 0 saturated heterocycles. The van der Waals surface area contributed by atoms with Crippen molar-refractivity contribution in [1.29, 1.82) is 0 Å². The lowest BCUT2D eigenvalue weighted by Crippen LogP contribution is -2.32. The van der Waals surface area contributed by atoms with E-state index in [1.165, 1.54) is 11.8 Å². The highest BCUT2D eigenvalue weighted by Crippen LogP contribution is 2.40. The lowest BCUT2D eigenvalue weighted by atomic mass is 10.1. The first-order chi connectivity index (χ1) is 7.50. The molecule has 1 amide bonds. The van der Waals surface area contributed by atoms with Crippen LogP contribution in [0.5, 0.6) is 0 Å². The summed E-state index contributed by atoms with van der Waals surface area (Å²) < 4.78 is 0. The second-order valence-corrected chi connectivity index (χ2v) is 5.16. The number of aromatic carboxylic acids is 1. The molecule has 2 heterocycles. The minimum absolute atomic E-state index is 0.0399. The molecule has 0 radical (unpaired) electrons. The summed E-state index contributed by atoms with van der Waals surface area (Å²) >= 11 is 1.40. The van der Waals surface area contributed by atoms with Gasteiger partial charge in [0.15, 0.2) is 0 Å². The Morgan fingerprint density at radius 1 is 1.56 bits per heavy atom. The number of rotatable bonds is 2. The highest BCUT2D eigenvalue weighted by atomic mass is 32.2. The van der Waals surface area contributed by atoms with E-state index in [2.05, 4.69) is 10.3 Å². The first-order valence-electron chi connectivity index (χ1n) is 4.93. The second kappa shape index (κ2) is 3.86. The van der Waals surface area contributed by atoms with E-state index in [1.807, 2.05) is 13.8 Å². The highest BCUT2D eigenvalue weighted by Gasteiger charge is 2.32. The van der Waals surface area contributed by atoms with Crippen molar-refractivity contribution in [3.8, 4) is 0 Å². The van der Waals surface area contributed by atoms with Gasteiger partial charge in [0.05, 0.1) is 15.8 Å². The van der Waals surface area contributed by atoms with Gasteiger partial charge in [0.2, 0.25) is 5.91 Å². The molecule has 1 atom stereocenters. The molecule has 16 heavy (non-hydrogen) atoms. The van der Waals surface area contributed by atoms with Crippen LogP contribution in [0.2, 0.25) is 0 Å². The number of fused-ring (bicyclic) bond motifs is 1. The molecule has 0 bridgehead atoms. The van der Waals surface area contributed by atoms with Crippen LogP contribution >= 0.6 is 11.8 Å². The number of anilines is 1. The molecular formula is C10H12N2O3S. The maximum absolute atomic E-state index is 11.7. The lowest BCUT2D eigenvalue weighted by Gasteiger charge is -2.24. The molecule has 0 spiro atoms. The molecule has 3 N–H and O–H groups in total. The summed E-state index contributed by atoms with van der Waals surface area (Å²) in [4.78, 5) is 26.0. The number of thioether (sulfide) groups is 1. The van der Waals surface area contributed by atoms with Crippen molar-refractivity contribution < 1.29 is 14.7 Å². The van der Waals surface area contributed by atoms with E-state index in [0.717, 1.165) is 4.90 Å². The molecule has 1 aromatic rings. The zero-order valence-corrected chi connectivity index (χ0v) is 9.72. The number of amides is 1. The van der Waals surface area contributed by atoms with E-state index in [4.69, 9.17) is 5.11 Å². The minimum atomic E-state index is -1.06. The molecule has 0 aliphatic carbocycles. The number of carboxylic acids is 1. The molecule has 1 aliphatic rings. The Morgan fingerprint density at radius 3 is 2.81 bits per heavy atom.